The van der Waals surface area contributed by atoms with E-state index in [0.29, 0.717) is 13.0 Å². The van der Waals surface area contributed by atoms with Crippen LogP contribution in [-0.2, 0) is 9.53 Å². The molecule has 1 aliphatic rings. The van der Waals surface area contributed by atoms with Crippen LogP contribution < -0.4 is 0 Å². The SMILES string of the molecule is CCOC(=O)C1CCCN1CCCCC#N. The first-order valence-electron chi connectivity index (χ1n) is 6.07. The van der Waals surface area contributed by atoms with Crippen molar-refractivity contribution in [3.63, 3.8) is 0 Å². The molecule has 0 saturated carbocycles. The average Bonchev–Trinajstić information content (AvgIpc) is 2.73. The van der Waals surface area contributed by atoms with Gasteiger partial charge in [0.05, 0.1) is 12.7 Å². The third kappa shape index (κ3) is 3.82. The Balaban J connectivity index is 2.29. The van der Waals surface area contributed by atoms with Crippen molar-refractivity contribution in [1.82, 2.24) is 4.90 Å². The highest BCUT2D eigenvalue weighted by atomic mass is 16.5. The monoisotopic (exact) mass is 224 g/mol. The summed E-state index contributed by atoms with van der Waals surface area (Å²) in [4.78, 5) is 13.8. The molecule has 1 heterocycles. The number of esters is 1. The third-order valence-corrected chi connectivity index (χ3v) is 2.91. The Bertz CT molecular complexity index is 260. The number of ether oxygens (including phenoxy) is 1. The first kappa shape index (κ1) is 13.0. The van der Waals surface area contributed by atoms with Gasteiger partial charge < -0.3 is 4.74 Å². The first-order chi connectivity index (χ1) is 7.79. The second-order valence-corrected chi connectivity index (χ2v) is 4.06. The molecule has 1 rings (SSSR count). The molecule has 1 aliphatic heterocycles. The summed E-state index contributed by atoms with van der Waals surface area (Å²) >= 11 is 0. The molecule has 1 saturated heterocycles. The summed E-state index contributed by atoms with van der Waals surface area (Å²) in [6, 6.07) is 2.10. The van der Waals surface area contributed by atoms with Gasteiger partial charge in [0.25, 0.3) is 0 Å². The molecule has 1 fully saturated rings. The average molecular weight is 224 g/mol. The van der Waals surface area contributed by atoms with Crippen molar-refractivity contribution in [2.75, 3.05) is 19.7 Å². The van der Waals surface area contributed by atoms with Crippen LogP contribution in [0.2, 0.25) is 0 Å². The second-order valence-electron chi connectivity index (χ2n) is 4.06. The number of nitrogens with zero attached hydrogens (tertiary/aromatic N) is 2. The van der Waals surface area contributed by atoms with Crippen molar-refractivity contribution in [3.8, 4) is 6.07 Å². The number of rotatable bonds is 6. The molecule has 1 atom stereocenters. The van der Waals surface area contributed by atoms with Gasteiger partial charge in [0.2, 0.25) is 0 Å². The number of nitriles is 1. The van der Waals surface area contributed by atoms with Crippen molar-refractivity contribution in [1.29, 1.82) is 5.26 Å². The third-order valence-electron chi connectivity index (χ3n) is 2.91. The zero-order valence-corrected chi connectivity index (χ0v) is 9.95. The van der Waals surface area contributed by atoms with Crippen molar-refractivity contribution in [2.45, 2.75) is 45.1 Å². The standard InChI is InChI=1S/C12H20N2O2/c1-2-16-12(15)11-7-6-10-14(11)9-5-3-4-8-13/h11H,2-7,9-10H2,1H3. The Labute approximate surface area is 97.2 Å². The van der Waals surface area contributed by atoms with Crippen LogP contribution in [-0.4, -0.2) is 36.6 Å². The Morgan fingerprint density at radius 3 is 3.06 bits per heavy atom. The molecule has 0 amide bonds. The van der Waals surface area contributed by atoms with E-state index in [1.165, 1.54) is 0 Å². The molecule has 90 valence electrons. The maximum Gasteiger partial charge on any atom is 0.323 e. The van der Waals surface area contributed by atoms with Crippen LogP contribution in [0.1, 0.15) is 39.0 Å². The van der Waals surface area contributed by atoms with Crippen LogP contribution in [0.4, 0.5) is 0 Å². The summed E-state index contributed by atoms with van der Waals surface area (Å²) in [6.45, 7) is 4.18. The molecule has 0 aromatic carbocycles. The predicted molar refractivity (Wildman–Crippen MR) is 60.7 cm³/mol. The second kappa shape index (κ2) is 7.24. The molecule has 4 heteroatoms. The van der Waals surface area contributed by atoms with E-state index in [4.69, 9.17) is 10.00 Å². The molecule has 1 unspecified atom stereocenters. The molecule has 0 aromatic rings. The first-order valence-corrected chi connectivity index (χ1v) is 6.07. The van der Waals surface area contributed by atoms with Gasteiger partial charge in [-0.3, -0.25) is 9.69 Å². The smallest absolute Gasteiger partial charge is 0.323 e. The molecule has 0 N–H and O–H groups in total. The van der Waals surface area contributed by atoms with Crippen LogP contribution in [0.25, 0.3) is 0 Å². The van der Waals surface area contributed by atoms with E-state index in [9.17, 15) is 4.79 Å². The molecule has 0 aliphatic carbocycles. The van der Waals surface area contributed by atoms with E-state index in [1.54, 1.807) is 0 Å². The fraction of sp³-hybridized carbons (Fsp3) is 0.833. The summed E-state index contributed by atoms with van der Waals surface area (Å²) in [5, 5.41) is 8.43. The zero-order chi connectivity index (χ0) is 11.8. The van der Waals surface area contributed by atoms with E-state index in [-0.39, 0.29) is 12.0 Å². The Morgan fingerprint density at radius 1 is 1.56 bits per heavy atom. The molecule has 0 bridgehead atoms. The molecule has 4 nitrogen and oxygen atoms in total. The molecule has 0 aromatic heterocycles. The van der Waals surface area contributed by atoms with Gasteiger partial charge in [-0.15, -0.1) is 0 Å². The van der Waals surface area contributed by atoms with Crippen LogP contribution in [0.3, 0.4) is 0 Å². The van der Waals surface area contributed by atoms with E-state index in [2.05, 4.69) is 11.0 Å². The number of likely N-dealkylation sites (tertiary alicyclic amines) is 1. The normalized spacial score (nSPS) is 20.6. The van der Waals surface area contributed by atoms with Gasteiger partial charge in [0, 0.05) is 6.42 Å². The van der Waals surface area contributed by atoms with Crippen molar-refractivity contribution in [3.05, 3.63) is 0 Å². The van der Waals surface area contributed by atoms with Crippen LogP contribution in [0, 0.1) is 11.3 Å². The van der Waals surface area contributed by atoms with Crippen LogP contribution in [0.15, 0.2) is 0 Å². The number of carbonyl (C=O) groups is 1. The lowest BCUT2D eigenvalue weighted by molar-refractivity contribution is -0.148. The highest BCUT2D eigenvalue weighted by Gasteiger charge is 2.30. The lowest BCUT2D eigenvalue weighted by Crippen LogP contribution is -2.37. The van der Waals surface area contributed by atoms with Gasteiger partial charge in [-0.2, -0.15) is 5.26 Å². The largest absolute Gasteiger partial charge is 0.465 e. The van der Waals surface area contributed by atoms with Gasteiger partial charge in [0.1, 0.15) is 6.04 Å². The van der Waals surface area contributed by atoms with E-state index < -0.39 is 0 Å². The number of hydrogen-bond donors (Lipinski definition) is 0. The zero-order valence-electron chi connectivity index (χ0n) is 9.95. The van der Waals surface area contributed by atoms with E-state index in [1.807, 2.05) is 6.92 Å². The highest BCUT2D eigenvalue weighted by Crippen LogP contribution is 2.19. The number of unbranched alkanes of at least 4 members (excludes halogenated alkanes) is 2. The quantitative estimate of drug-likeness (QED) is 0.509. The minimum atomic E-state index is -0.0831. The van der Waals surface area contributed by atoms with Crippen molar-refractivity contribution >= 4 is 5.97 Å². The van der Waals surface area contributed by atoms with Gasteiger partial charge in [-0.05, 0) is 45.7 Å². The van der Waals surface area contributed by atoms with Crippen LogP contribution in [0.5, 0.6) is 0 Å². The van der Waals surface area contributed by atoms with E-state index >= 15 is 0 Å². The van der Waals surface area contributed by atoms with E-state index in [0.717, 1.165) is 38.8 Å². The molecule has 16 heavy (non-hydrogen) atoms. The maximum atomic E-state index is 11.6. The maximum absolute atomic E-state index is 11.6. The summed E-state index contributed by atoms with van der Waals surface area (Å²) in [6.07, 6.45) is 4.50. The fourth-order valence-electron chi connectivity index (χ4n) is 2.12. The minimum Gasteiger partial charge on any atom is -0.465 e. The molecular weight excluding hydrogens is 204 g/mol. The summed E-state index contributed by atoms with van der Waals surface area (Å²) < 4.78 is 5.05. The fourth-order valence-corrected chi connectivity index (χ4v) is 2.12. The molecule has 0 radical (unpaired) electrons. The lowest BCUT2D eigenvalue weighted by atomic mass is 10.2. The molecular formula is C12H20N2O2. The van der Waals surface area contributed by atoms with Gasteiger partial charge >= 0.3 is 5.97 Å². The summed E-state index contributed by atoms with van der Waals surface area (Å²) in [5.41, 5.74) is 0. The van der Waals surface area contributed by atoms with Gasteiger partial charge in [0.15, 0.2) is 0 Å². The lowest BCUT2D eigenvalue weighted by Gasteiger charge is -2.22. The van der Waals surface area contributed by atoms with Crippen molar-refractivity contribution in [2.24, 2.45) is 0 Å². The summed E-state index contributed by atoms with van der Waals surface area (Å²) in [7, 11) is 0. The Hall–Kier alpha value is -1.08. The minimum absolute atomic E-state index is 0.0398. The summed E-state index contributed by atoms with van der Waals surface area (Å²) in [5.74, 6) is -0.0831. The topological polar surface area (TPSA) is 53.3 Å². The number of carbonyl (C=O) groups excluding carboxylic acids is 1. The predicted octanol–water partition coefficient (Wildman–Crippen LogP) is 1.71. The highest BCUT2D eigenvalue weighted by molar-refractivity contribution is 5.76. The van der Waals surface area contributed by atoms with Gasteiger partial charge in [-0.1, -0.05) is 0 Å². The molecule has 0 spiro atoms. The Morgan fingerprint density at radius 2 is 2.38 bits per heavy atom. The number of hydrogen-bond acceptors (Lipinski definition) is 4. The Kier molecular flexibility index (Phi) is 5.87. The van der Waals surface area contributed by atoms with Crippen molar-refractivity contribution < 1.29 is 9.53 Å². The van der Waals surface area contributed by atoms with Crippen LogP contribution >= 0.6 is 0 Å². The van der Waals surface area contributed by atoms with Gasteiger partial charge in [-0.25, -0.2) is 0 Å².